The maximum Gasteiger partial charge on any atom is 0.263 e. The highest BCUT2D eigenvalue weighted by atomic mass is 35.5. The Morgan fingerprint density at radius 1 is 1.00 bits per heavy atom. The summed E-state index contributed by atoms with van der Waals surface area (Å²) in [5.41, 5.74) is 0.446. The number of unbranched alkanes of at least 4 members (excludes halogenated alkanes) is 5. The first-order chi connectivity index (χ1) is 12.9. The van der Waals surface area contributed by atoms with Gasteiger partial charge in [-0.1, -0.05) is 62.2 Å². The number of carbonyl (C=O) groups excluding carboxylic acids is 2. The molecule has 1 saturated heterocycles. The molecule has 0 radical (unpaired) electrons. The van der Waals surface area contributed by atoms with E-state index >= 15 is 0 Å². The van der Waals surface area contributed by atoms with Crippen molar-refractivity contribution in [3.8, 4) is 5.75 Å². The molecule has 5 nitrogen and oxygen atoms in total. The zero-order valence-electron chi connectivity index (χ0n) is 15.1. The summed E-state index contributed by atoms with van der Waals surface area (Å²) in [6, 6.07) is 3.20. The van der Waals surface area contributed by atoms with Gasteiger partial charge < -0.3 is 4.74 Å². The Balaban J connectivity index is 2.00. The lowest BCUT2D eigenvalue weighted by atomic mass is 10.1. The number of ether oxygens (including phenoxy) is 1. The average molecular weight is 429 g/mol. The van der Waals surface area contributed by atoms with E-state index in [1.165, 1.54) is 31.8 Å². The predicted octanol–water partition coefficient (Wildman–Crippen LogP) is 4.65. The van der Waals surface area contributed by atoms with Crippen LogP contribution in [0.25, 0.3) is 6.08 Å². The molecule has 0 bridgehead atoms. The Bertz CT molecular complexity index is 720. The summed E-state index contributed by atoms with van der Waals surface area (Å²) in [5.74, 6) is -0.730. The normalized spacial score (nSPS) is 14.0. The summed E-state index contributed by atoms with van der Waals surface area (Å²) in [4.78, 5) is 23.8. The van der Waals surface area contributed by atoms with Crippen LogP contribution in [0.3, 0.4) is 0 Å². The Morgan fingerprint density at radius 2 is 1.56 bits per heavy atom. The summed E-state index contributed by atoms with van der Waals surface area (Å²) in [6.45, 7) is 2.73. The molecule has 0 aliphatic carbocycles. The van der Waals surface area contributed by atoms with E-state index in [0.29, 0.717) is 28.0 Å². The molecule has 2 amide bonds. The number of benzene rings is 1. The first kappa shape index (κ1) is 21.7. The van der Waals surface area contributed by atoms with Crippen molar-refractivity contribution >= 4 is 58.4 Å². The fraction of sp³-hybridized carbons (Fsp3) is 0.421. The third-order valence-electron chi connectivity index (χ3n) is 4.02. The largest absolute Gasteiger partial charge is 0.490 e. The minimum absolute atomic E-state index is 0.0170. The predicted molar refractivity (Wildman–Crippen MR) is 112 cm³/mol. The van der Waals surface area contributed by atoms with Crippen LogP contribution in [0, 0.1) is 0 Å². The van der Waals surface area contributed by atoms with Gasteiger partial charge in [-0.2, -0.15) is 0 Å². The number of carbonyl (C=O) groups is 2. The molecule has 0 saturated carbocycles. The van der Waals surface area contributed by atoms with Gasteiger partial charge in [0.25, 0.3) is 11.8 Å². The molecule has 1 fully saturated rings. The number of halogens is 2. The monoisotopic (exact) mass is 428 g/mol. The first-order valence-electron chi connectivity index (χ1n) is 8.92. The van der Waals surface area contributed by atoms with Crippen molar-refractivity contribution in [3.63, 3.8) is 0 Å². The molecule has 0 unspecified atom stereocenters. The van der Waals surface area contributed by atoms with E-state index in [0.717, 1.165) is 12.8 Å². The lowest BCUT2D eigenvalue weighted by Gasteiger charge is -2.16. The smallest absolute Gasteiger partial charge is 0.263 e. The number of rotatable bonds is 9. The summed E-state index contributed by atoms with van der Waals surface area (Å²) < 4.78 is 5.72. The summed E-state index contributed by atoms with van der Waals surface area (Å²) in [5, 5.41) is 5.39. The fourth-order valence-electron chi connectivity index (χ4n) is 2.63. The number of nitrogens with one attached hydrogen (secondary N) is 2. The third kappa shape index (κ3) is 6.48. The van der Waals surface area contributed by atoms with Crippen molar-refractivity contribution in [1.29, 1.82) is 0 Å². The van der Waals surface area contributed by atoms with Gasteiger partial charge in [-0.15, -0.1) is 0 Å². The van der Waals surface area contributed by atoms with Crippen LogP contribution in [0.2, 0.25) is 10.0 Å². The third-order valence-corrected chi connectivity index (χ3v) is 4.78. The van der Waals surface area contributed by atoms with Crippen LogP contribution >= 0.6 is 35.4 Å². The molecule has 0 aromatic heterocycles. The van der Waals surface area contributed by atoms with Gasteiger partial charge >= 0.3 is 0 Å². The van der Waals surface area contributed by atoms with Crippen LogP contribution in [-0.2, 0) is 9.59 Å². The second-order valence-electron chi connectivity index (χ2n) is 6.23. The Labute approximate surface area is 174 Å². The second kappa shape index (κ2) is 10.6. The van der Waals surface area contributed by atoms with Crippen LogP contribution in [0.5, 0.6) is 5.75 Å². The maximum atomic E-state index is 11.9. The molecular weight excluding hydrogens is 407 g/mol. The van der Waals surface area contributed by atoms with E-state index in [1.807, 2.05) is 0 Å². The lowest BCUT2D eigenvalue weighted by molar-refractivity contribution is -0.123. The molecule has 1 aliphatic rings. The van der Waals surface area contributed by atoms with Crippen molar-refractivity contribution in [2.24, 2.45) is 0 Å². The molecule has 2 N–H and O–H groups in total. The highest BCUT2D eigenvalue weighted by molar-refractivity contribution is 7.80. The van der Waals surface area contributed by atoms with Gasteiger partial charge in [-0.3, -0.25) is 20.2 Å². The molecule has 0 atom stereocenters. The van der Waals surface area contributed by atoms with Gasteiger partial charge in [-0.05, 0) is 42.4 Å². The van der Waals surface area contributed by atoms with Crippen LogP contribution < -0.4 is 15.4 Å². The van der Waals surface area contributed by atoms with Crippen LogP contribution in [-0.4, -0.2) is 23.5 Å². The van der Waals surface area contributed by atoms with Gasteiger partial charge in [0.05, 0.1) is 16.7 Å². The molecular formula is C19H22Cl2N2O3S. The molecule has 27 heavy (non-hydrogen) atoms. The van der Waals surface area contributed by atoms with Crippen molar-refractivity contribution in [1.82, 2.24) is 10.6 Å². The van der Waals surface area contributed by atoms with Gasteiger partial charge in [0.2, 0.25) is 0 Å². The van der Waals surface area contributed by atoms with E-state index in [9.17, 15) is 9.59 Å². The van der Waals surface area contributed by atoms with Crippen LogP contribution in [0.1, 0.15) is 51.0 Å². The zero-order chi connectivity index (χ0) is 19.8. The summed E-state index contributed by atoms with van der Waals surface area (Å²) >= 11 is 17.3. The Hall–Kier alpha value is -1.63. The van der Waals surface area contributed by atoms with Crippen LogP contribution in [0.15, 0.2) is 17.7 Å². The van der Waals surface area contributed by atoms with Crippen molar-refractivity contribution in [3.05, 3.63) is 33.3 Å². The lowest BCUT2D eigenvalue weighted by Crippen LogP contribution is -2.51. The fourth-order valence-corrected chi connectivity index (χ4v) is 3.43. The van der Waals surface area contributed by atoms with E-state index in [-0.39, 0.29) is 10.7 Å². The number of amides is 2. The molecule has 1 aromatic carbocycles. The maximum absolute atomic E-state index is 11.9. The molecule has 1 aromatic rings. The van der Waals surface area contributed by atoms with Crippen LogP contribution in [0.4, 0.5) is 0 Å². The minimum Gasteiger partial charge on any atom is -0.490 e. The highest BCUT2D eigenvalue weighted by Crippen LogP contribution is 2.35. The van der Waals surface area contributed by atoms with Crippen molar-refractivity contribution in [2.75, 3.05) is 6.61 Å². The number of hydrogen-bond donors (Lipinski definition) is 2. The van der Waals surface area contributed by atoms with Gasteiger partial charge in [0.15, 0.2) is 10.9 Å². The van der Waals surface area contributed by atoms with E-state index in [1.54, 1.807) is 12.1 Å². The number of thiocarbonyl (C=S) groups is 1. The molecule has 1 aliphatic heterocycles. The van der Waals surface area contributed by atoms with E-state index in [2.05, 4.69) is 17.6 Å². The van der Waals surface area contributed by atoms with E-state index < -0.39 is 11.8 Å². The van der Waals surface area contributed by atoms with Gasteiger partial charge in [0.1, 0.15) is 5.57 Å². The van der Waals surface area contributed by atoms with Crippen molar-refractivity contribution in [2.45, 2.75) is 45.4 Å². The number of hydrogen-bond acceptors (Lipinski definition) is 4. The first-order valence-corrected chi connectivity index (χ1v) is 10.1. The Kier molecular flexibility index (Phi) is 8.54. The molecule has 146 valence electrons. The second-order valence-corrected chi connectivity index (χ2v) is 7.45. The quantitative estimate of drug-likeness (QED) is 0.260. The minimum atomic E-state index is -0.570. The van der Waals surface area contributed by atoms with Gasteiger partial charge in [0, 0.05) is 0 Å². The topological polar surface area (TPSA) is 67.4 Å². The van der Waals surface area contributed by atoms with Crippen molar-refractivity contribution < 1.29 is 14.3 Å². The Morgan fingerprint density at radius 3 is 2.15 bits per heavy atom. The summed E-state index contributed by atoms with van der Waals surface area (Å²) in [6.07, 6.45) is 8.36. The highest BCUT2D eigenvalue weighted by Gasteiger charge is 2.25. The SMILES string of the molecule is CCCCCCCCOc1c(Cl)cc(C=C2C(=O)NC(=S)NC2=O)cc1Cl. The van der Waals surface area contributed by atoms with Gasteiger partial charge in [-0.25, -0.2) is 0 Å². The standard InChI is InChI=1S/C19H22Cl2N2O3S/c1-2-3-4-5-6-7-8-26-16-14(20)10-12(11-15(16)21)9-13-17(24)22-19(27)23-18(13)25/h9-11H,2-8H2,1H3,(H2,22,23,24,25,27). The average Bonchev–Trinajstić information content (AvgIpc) is 2.59. The summed E-state index contributed by atoms with van der Waals surface area (Å²) in [7, 11) is 0. The molecule has 0 spiro atoms. The molecule has 1 heterocycles. The molecule has 2 rings (SSSR count). The zero-order valence-corrected chi connectivity index (χ0v) is 17.4. The molecule has 8 heteroatoms. The van der Waals surface area contributed by atoms with E-state index in [4.69, 9.17) is 40.2 Å².